The molecule has 2 heteroatoms. The molecule has 0 bridgehead atoms. The minimum atomic E-state index is 0.411. The normalized spacial score (nSPS) is 17.4. The molecule has 88 valence electrons. The first kappa shape index (κ1) is 11.0. The van der Waals surface area contributed by atoms with Gasteiger partial charge in [-0.25, -0.2) is 0 Å². The summed E-state index contributed by atoms with van der Waals surface area (Å²) in [7, 11) is 2.07. The van der Waals surface area contributed by atoms with Crippen molar-refractivity contribution in [1.29, 1.82) is 0 Å². The zero-order valence-electron chi connectivity index (χ0n) is 10.1. The highest BCUT2D eigenvalue weighted by Gasteiger charge is 2.19. The molecule has 1 aliphatic rings. The molecule has 0 amide bonds. The van der Waals surface area contributed by atoms with Crippen LogP contribution < -0.4 is 5.32 Å². The van der Waals surface area contributed by atoms with E-state index in [1.807, 2.05) is 11.3 Å². The topological polar surface area (TPSA) is 12.0 Å². The molecule has 1 N–H and O–H groups in total. The third kappa shape index (κ3) is 1.92. The van der Waals surface area contributed by atoms with E-state index in [4.69, 9.17) is 0 Å². The van der Waals surface area contributed by atoms with Crippen molar-refractivity contribution in [1.82, 2.24) is 5.32 Å². The van der Waals surface area contributed by atoms with Crippen molar-refractivity contribution in [3.05, 3.63) is 46.9 Å². The second-order valence-corrected chi connectivity index (χ2v) is 5.49. The largest absolute Gasteiger partial charge is 0.310 e. The number of fused-ring (bicyclic) bond motifs is 1. The van der Waals surface area contributed by atoms with Gasteiger partial charge in [0, 0.05) is 4.70 Å². The highest BCUT2D eigenvalue weighted by molar-refractivity contribution is 7.17. The first-order valence-corrected chi connectivity index (χ1v) is 7.10. The Bertz CT molecular complexity index is 553. The van der Waals surface area contributed by atoms with Gasteiger partial charge in [0.2, 0.25) is 0 Å². The molecular weight excluding hydrogens is 226 g/mol. The Kier molecular flexibility index (Phi) is 3.00. The fourth-order valence-corrected chi connectivity index (χ4v) is 3.71. The summed E-state index contributed by atoms with van der Waals surface area (Å²) < 4.78 is 1.39. The van der Waals surface area contributed by atoms with Gasteiger partial charge in [-0.3, -0.25) is 0 Å². The molecule has 0 fully saturated rings. The van der Waals surface area contributed by atoms with Crippen molar-refractivity contribution in [2.24, 2.45) is 0 Å². The van der Waals surface area contributed by atoms with E-state index in [1.165, 1.54) is 34.9 Å². The van der Waals surface area contributed by atoms with E-state index in [-0.39, 0.29) is 0 Å². The van der Waals surface area contributed by atoms with Crippen molar-refractivity contribution in [2.75, 3.05) is 7.05 Å². The van der Waals surface area contributed by atoms with Gasteiger partial charge in [-0.15, -0.1) is 11.3 Å². The van der Waals surface area contributed by atoms with Gasteiger partial charge in [-0.05, 0) is 48.7 Å². The van der Waals surface area contributed by atoms with Crippen molar-refractivity contribution < 1.29 is 0 Å². The van der Waals surface area contributed by atoms with Crippen molar-refractivity contribution in [3.8, 4) is 0 Å². The van der Waals surface area contributed by atoms with Crippen LogP contribution in [0, 0.1) is 0 Å². The fraction of sp³-hybridized carbons (Fsp3) is 0.333. The highest BCUT2D eigenvalue weighted by Crippen LogP contribution is 2.36. The Morgan fingerprint density at radius 2 is 2.18 bits per heavy atom. The SMILES string of the molecule is CNC(C1=CCCC1)c1csc2ccccc12. The molecular formula is C15H17NS. The molecule has 1 heterocycles. The number of rotatable bonds is 3. The predicted molar refractivity (Wildman–Crippen MR) is 75.6 cm³/mol. The van der Waals surface area contributed by atoms with E-state index in [9.17, 15) is 0 Å². The molecule has 1 aliphatic carbocycles. The second-order valence-electron chi connectivity index (χ2n) is 4.58. The zero-order chi connectivity index (χ0) is 11.7. The van der Waals surface area contributed by atoms with E-state index < -0.39 is 0 Å². The molecule has 1 atom stereocenters. The lowest BCUT2D eigenvalue weighted by Crippen LogP contribution is -2.17. The molecule has 1 nitrogen and oxygen atoms in total. The molecule has 2 aromatic rings. The van der Waals surface area contributed by atoms with Gasteiger partial charge in [0.1, 0.15) is 0 Å². The highest BCUT2D eigenvalue weighted by atomic mass is 32.1. The number of hydrogen-bond acceptors (Lipinski definition) is 2. The predicted octanol–water partition coefficient (Wildman–Crippen LogP) is 4.27. The van der Waals surface area contributed by atoms with Crippen LogP contribution in [0.25, 0.3) is 10.1 Å². The molecule has 1 aromatic heterocycles. The number of likely N-dealkylation sites (N-methyl/N-ethyl adjacent to an activating group) is 1. The van der Waals surface area contributed by atoms with E-state index in [2.05, 4.69) is 48.1 Å². The van der Waals surface area contributed by atoms with E-state index in [1.54, 1.807) is 5.57 Å². The van der Waals surface area contributed by atoms with Gasteiger partial charge in [0.15, 0.2) is 0 Å². The summed E-state index contributed by atoms with van der Waals surface area (Å²) in [5.41, 5.74) is 3.01. The summed E-state index contributed by atoms with van der Waals surface area (Å²) in [6, 6.07) is 9.11. The van der Waals surface area contributed by atoms with Crippen LogP contribution >= 0.6 is 11.3 Å². The Morgan fingerprint density at radius 1 is 1.29 bits per heavy atom. The van der Waals surface area contributed by atoms with Crippen LogP contribution in [0.3, 0.4) is 0 Å². The van der Waals surface area contributed by atoms with Crippen LogP contribution in [0.1, 0.15) is 30.9 Å². The first-order chi connectivity index (χ1) is 8.40. The van der Waals surface area contributed by atoms with Crippen LogP contribution in [0.4, 0.5) is 0 Å². The zero-order valence-corrected chi connectivity index (χ0v) is 10.9. The van der Waals surface area contributed by atoms with E-state index >= 15 is 0 Å². The molecule has 0 radical (unpaired) electrons. The van der Waals surface area contributed by atoms with Gasteiger partial charge in [0.05, 0.1) is 6.04 Å². The molecule has 0 saturated carbocycles. The summed E-state index contributed by atoms with van der Waals surface area (Å²) in [5.74, 6) is 0. The molecule has 1 unspecified atom stereocenters. The monoisotopic (exact) mass is 243 g/mol. The summed E-state index contributed by atoms with van der Waals surface area (Å²) in [6.45, 7) is 0. The fourth-order valence-electron chi connectivity index (χ4n) is 2.72. The Balaban J connectivity index is 2.06. The summed E-state index contributed by atoms with van der Waals surface area (Å²) in [6.07, 6.45) is 6.22. The number of benzene rings is 1. The van der Waals surface area contributed by atoms with Gasteiger partial charge >= 0.3 is 0 Å². The quantitative estimate of drug-likeness (QED) is 0.794. The molecule has 0 spiro atoms. The van der Waals surface area contributed by atoms with Crippen LogP contribution in [0.15, 0.2) is 41.3 Å². The average Bonchev–Trinajstić information content (AvgIpc) is 3.01. The maximum Gasteiger partial charge on any atom is 0.0548 e. The Labute approximate surface area is 106 Å². The molecule has 0 aliphatic heterocycles. The maximum atomic E-state index is 3.48. The third-order valence-corrected chi connectivity index (χ3v) is 4.54. The minimum Gasteiger partial charge on any atom is -0.310 e. The maximum absolute atomic E-state index is 3.48. The van der Waals surface area contributed by atoms with E-state index in [0.29, 0.717) is 6.04 Å². The molecule has 1 aromatic carbocycles. The number of hydrogen-bond donors (Lipinski definition) is 1. The van der Waals surface area contributed by atoms with Gasteiger partial charge in [-0.1, -0.05) is 29.8 Å². The minimum absolute atomic E-state index is 0.411. The lowest BCUT2D eigenvalue weighted by Gasteiger charge is -2.17. The summed E-state index contributed by atoms with van der Waals surface area (Å²) in [4.78, 5) is 0. The van der Waals surface area contributed by atoms with Crippen LogP contribution in [-0.2, 0) is 0 Å². The van der Waals surface area contributed by atoms with Crippen LogP contribution in [0.2, 0.25) is 0 Å². The summed E-state index contributed by atoms with van der Waals surface area (Å²) in [5, 5.41) is 7.19. The average molecular weight is 243 g/mol. The van der Waals surface area contributed by atoms with Gasteiger partial charge < -0.3 is 5.32 Å². The van der Waals surface area contributed by atoms with E-state index in [0.717, 1.165) is 0 Å². The van der Waals surface area contributed by atoms with Gasteiger partial charge in [-0.2, -0.15) is 0 Å². The first-order valence-electron chi connectivity index (χ1n) is 6.22. The lowest BCUT2D eigenvalue weighted by molar-refractivity contribution is 0.662. The summed E-state index contributed by atoms with van der Waals surface area (Å²) >= 11 is 1.85. The second kappa shape index (κ2) is 4.63. The third-order valence-electron chi connectivity index (χ3n) is 3.56. The van der Waals surface area contributed by atoms with Crippen molar-refractivity contribution >= 4 is 21.4 Å². The molecule has 3 rings (SSSR count). The molecule has 0 saturated heterocycles. The van der Waals surface area contributed by atoms with Crippen LogP contribution in [0.5, 0.6) is 0 Å². The number of nitrogens with one attached hydrogen (secondary N) is 1. The Hall–Kier alpha value is -1.12. The number of allylic oxidation sites excluding steroid dienone is 1. The smallest absolute Gasteiger partial charge is 0.0548 e. The number of thiophene rings is 1. The standard InChI is InChI=1S/C15H17NS/c1-16-15(11-6-2-3-7-11)13-10-17-14-9-5-4-8-12(13)14/h4-6,8-10,15-16H,2-3,7H2,1H3. The van der Waals surface area contributed by atoms with Crippen molar-refractivity contribution in [2.45, 2.75) is 25.3 Å². The molecule has 17 heavy (non-hydrogen) atoms. The lowest BCUT2D eigenvalue weighted by atomic mass is 9.98. The van der Waals surface area contributed by atoms with Crippen LogP contribution in [-0.4, -0.2) is 7.05 Å². The van der Waals surface area contributed by atoms with Crippen molar-refractivity contribution in [3.63, 3.8) is 0 Å². The van der Waals surface area contributed by atoms with Gasteiger partial charge in [0.25, 0.3) is 0 Å². The Morgan fingerprint density at radius 3 is 2.94 bits per heavy atom.